The molecule has 0 amide bonds. The van der Waals surface area contributed by atoms with Gasteiger partial charge in [-0.3, -0.25) is 4.79 Å². The maximum absolute atomic E-state index is 13.3. The Hall–Kier alpha value is -2.29. The molecular weight excluding hydrogens is 348 g/mol. The summed E-state index contributed by atoms with van der Waals surface area (Å²) in [5.41, 5.74) is 2.56. The summed E-state index contributed by atoms with van der Waals surface area (Å²) in [6, 6.07) is 10.3. The fraction of sp³-hybridized carbons (Fsp3) is 0.480. The third-order valence-electron chi connectivity index (χ3n) is 5.35. The number of benzene rings is 2. The Morgan fingerprint density at radius 1 is 0.679 bits per heavy atom. The van der Waals surface area contributed by atoms with Crippen LogP contribution in [0, 0.1) is 0 Å². The Kier molecular flexibility index (Phi) is 9.06. The molecule has 0 spiro atoms. The largest absolute Gasteiger partial charge is 0.508 e. The lowest BCUT2D eigenvalue weighted by molar-refractivity contribution is 0.103. The van der Waals surface area contributed by atoms with Crippen molar-refractivity contribution in [1.82, 2.24) is 0 Å². The van der Waals surface area contributed by atoms with E-state index in [9.17, 15) is 15.0 Å². The van der Waals surface area contributed by atoms with E-state index in [2.05, 4.69) is 13.8 Å². The molecule has 3 heteroatoms. The number of ketones is 1. The minimum atomic E-state index is -0.109. The molecule has 152 valence electrons. The van der Waals surface area contributed by atoms with E-state index in [1.807, 2.05) is 0 Å². The first-order valence-corrected chi connectivity index (χ1v) is 10.8. The van der Waals surface area contributed by atoms with Gasteiger partial charge in [-0.15, -0.1) is 0 Å². The average Bonchev–Trinajstić information content (AvgIpc) is 2.69. The average molecular weight is 383 g/mol. The molecule has 2 N–H and O–H groups in total. The van der Waals surface area contributed by atoms with E-state index < -0.39 is 0 Å². The monoisotopic (exact) mass is 382 g/mol. The highest BCUT2D eigenvalue weighted by Gasteiger charge is 2.20. The van der Waals surface area contributed by atoms with Crippen molar-refractivity contribution < 1.29 is 15.0 Å². The first-order chi connectivity index (χ1) is 13.6. The van der Waals surface area contributed by atoms with Gasteiger partial charge in [-0.1, -0.05) is 76.6 Å². The minimum Gasteiger partial charge on any atom is -0.508 e. The minimum absolute atomic E-state index is 0.109. The van der Waals surface area contributed by atoms with Crippen LogP contribution in [-0.4, -0.2) is 16.0 Å². The molecule has 0 radical (unpaired) electrons. The molecule has 0 aliphatic heterocycles. The number of phenolic OH excluding ortho intramolecular Hbond substituents is 2. The van der Waals surface area contributed by atoms with Crippen LogP contribution in [0.2, 0.25) is 0 Å². The number of carbonyl (C=O) groups is 1. The fourth-order valence-corrected chi connectivity index (χ4v) is 3.70. The van der Waals surface area contributed by atoms with Crippen molar-refractivity contribution >= 4 is 5.78 Å². The Morgan fingerprint density at radius 2 is 1.11 bits per heavy atom. The van der Waals surface area contributed by atoms with Crippen LogP contribution in [0.1, 0.15) is 92.3 Å². The Bertz CT molecular complexity index is 701. The van der Waals surface area contributed by atoms with E-state index in [4.69, 9.17) is 0 Å². The molecule has 2 aromatic rings. The van der Waals surface area contributed by atoms with Crippen LogP contribution in [0.3, 0.4) is 0 Å². The van der Waals surface area contributed by atoms with Crippen molar-refractivity contribution in [3.05, 3.63) is 58.7 Å². The van der Waals surface area contributed by atoms with Crippen LogP contribution in [0.4, 0.5) is 0 Å². The second-order valence-electron chi connectivity index (χ2n) is 7.56. The summed E-state index contributed by atoms with van der Waals surface area (Å²) in [6.45, 7) is 4.33. The topological polar surface area (TPSA) is 57.5 Å². The van der Waals surface area contributed by atoms with Crippen LogP contribution in [0.15, 0.2) is 36.4 Å². The molecule has 2 rings (SSSR count). The van der Waals surface area contributed by atoms with Crippen LogP contribution >= 0.6 is 0 Å². The van der Waals surface area contributed by atoms with Crippen molar-refractivity contribution in [2.75, 3.05) is 0 Å². The van der Waals surface area contributed by atoms with Gasteiger partial charge in [-0.05, 0) is 37.8 Å². The molecule has 0 aliphatic rings. The number of aromatic hydroxyl groups is 2. The first-order valence-electron chi connectivity index (χ1n) is 10.8. The van der Waals surface area contributed by atoms with E-state index in [0.29, 0.717) is 24.0 Å². The number of hydrogen-bond donors (Lipinski definition) is 2. The van der Waals surface area contributed by atoms with Gasteiger partial charge in [-0.25, -0.2) is 0 Å². The normalized spacial score (nSPS) is 10.9. The van der Waals surface area contributed by atoms with Gasteiger partial charge in [0.1, 0.15) is 11.5 Å². The van der Waals surface area contributed by atoms with E-state index in [1.54, 1.807) is 36.4 Å². The molecule has 0 heterocycles. The van der Waals surface area contributed by atoms with Gasteiger partial charge in [0.2, 0.25) is 0 Å². The maximum atomic E-state index is 13.3. The molecule has 0 unspecified atom stereocenters. The quantitative estimate of drug-likeness (QED) is 0.322. The highest BCUT2D eigenvalue weighted by molar-refractivity contribution is 6.11. The zero-order chi connectivity index (χ0) is 20.4. The molecule has 3 nitrogen and oxygen atoms in total. The summed E-state index contributed by atoms with van der Waals surface area (Å²) in [5.74, 6) is 0.266. The van der Waals surface area contributed by atoms with E-state index >= 15 is 0 Å². The smallest absolute Gasteiger partial charge is 0.193 e. The summed E-state index contributed by atoms with van der Waals surface area (Å²) in [5, 5.41) is 20.7. The third kappa shape index (κ3) is 5.85. The zero-order valence-electron chi connectivity index (χ0n) is 17.3. The fourth-order valence-electron chi connectivity index (χ4n) is 3.70. The van der Waals surface area contributed by atoms with Crippen LogP contribution in [-0.2, 0) is 12.8 Å². The molecule has 0 atom stereocenters. The zero-order valence-corrected chi connectivity index (χ0v) is 17.3. The first kappa shape index (κ1) is 22.0. The van der Waals surface area contributed by atoms with Gasteiger partial charge in [0.05, 0.1) is 0 Å². The van der Waals surface area contributed by atoms with Gasteiger partial charge >= 0.3 is 0 Å². The van der Waals surface area contributed by atoms with Crippen molar-refractivity contribution in [2.45, 2.75) is 78.1 Å². The second-order valence-corrected chi connectivity index (χ2v) is 7.56. The SMILES string of the molecule is CCCCCCc1c(O)cccc1C(=O)c1cccc(O)c1CCCCCC. The number of rotatable bonds is 12. The number of phenols is 2. The van der Waals surface area contributed by atoms with Crippen molar-refractivity contribution in [3.8, 4) is 11.5 Å². The number of hydrogen-bond acceptors (Lipinski definition) is 3. The maximum Gasteiger partial charge on any atom is 0.193 e. The molecular formula is C25H34O3. The Morgan fingerprint density at radius 3 is 1.50 bits per heavy atom. The van der Waals surface area contributed by atoms with Gasteiger partial charge in [0, 0.05) is 22.3 Å². The van der Waals surface area contributed by atoms with E-state index in [-0.39, 0.29) is 17.3 Å². The molecule has 0 aliphatic carbocycles. The summed E-state index contributed by atoms with van der Waals surface area (Å²) >= 11 is 0. The van der Waals surface area contributed by atoms with Crippen molar-refractivity contribution in [3.63, 3.8) is 0 Å². The lowest BCUT2D eigenvalue weighted by Crippen LogP contribution is -2.09. The molecule has 0 saturated carbocycles. The standard InChI is InChI=1S/C25H34O3/c1-3-5-7-9-13-19-21(15-11-17-23(19)26)25(28)22-16-12-18-24(27)20(22)14-10-8-6-4-2/h11-12,15-18,26-27H,3-10,13-14H2,1-2H3. The molecule has 0 saturated heterocycles. The van der Waals surface area contributed by atoms with Crippen molar-refractivity contribution in [1.29, 1.82) is 0 Å². The summed E-state index contributed by atoms with van der Waals surface area (Å²) in [6.07, 6.45) is 10.1. The predicted octanol–water partition coefficient (Wildman–Crippen LogP) is 6.57. The lowest BCUT2D eigenvalue weighted by atomic mass is 9.90. The highest BCUT2D eigenvalue weighted by Crippen LogP contribution is 2.30. The summed E-state index contributed by atoms with van der Waals surface area (Å²) in [4.78, 5) is 13.3. The predicted molar refractivity (Wildman–Crippen MR) is 115 cm³/mol. The van der Waals surface area contributed by atoms with Crippen LogP contribution < -0.4 is 0 Å². The Balaban J connectivity index is 2.28. The number of unbranched alkanes of at least 4 members (excludes halogenated alkanes) is 6. The Labute approximate surface area is 169 Å². The molecule has 0 bridgehead atoms. The molecule has 0 fully saturated rings. The summed E-state index contributed by atoms with van der Waals surface area (Å²) in [7, 11) is 0. The van der Waals surface area contributed by atoms with E-state index in [0.717, 1.165) is 62.5 Å². The molecule has 28 heavy (non-hydrogen) atoms. The summed E-state index contributed by atoms with van der Waals surface area (Å²) < 4.78 is 0. The van der Waals surface area contributed by atoms with Gasteiger partial charge in [0.25, 0.3) is 0 Å². The lowest BCUT2D eigenvalue weighted by Gasteiger charge is -2.14. The van der Waals surface area contributed by atoms with E-state index in [1.165, 1.54) is 0 Å². The second kappa shape index (κ2) is 11.5. The van der Waals surface area contributed by atoms with Gasteiger partial charge in [0.15, 0.2) is 5.78 Å². The highest BCUT2D eigenvalue weighted by atomic mass is 16.3. The van der Waals surface area contributed by atoms with Gasteiger partial charge in [-0.2, -0.15) is 0 Å². The number of carbonyl (C=O) groups excluding carboxylic acids is 1. The van der Waals surface area contributed by atoms with Crippen LogP contribution in [0.5, 0.6) is 11.5 Å². The van der Waals surface area contributed by atoms with Crippen LogP contribution in [0.25, 0.3) is 0 Å². The van der Waals surface area contributed by atoms with Gasteiger partial charge < -0.3 is 10.2 Å². The molecule has 2 aromatic carbocycles. The third-order valence-corrected chi connectivity index (χ3v) is 5.35. The van der Waals surface area contributed by atoms with Crippen molar-refractivity contribution in [2.24, 2.45) is 0 Å². The molecule has 0 aromatic heterocycles.